The summed E-state index contributed by atoms with van der Waals surface area (Å²) in [5, 5.41) is 14.2. The Bertz CT molecular complexity index is 1090. The van der Waals surface area contributed by atoms with Crippen molar-refractivity contribution in [3.8, 4) is 0 Å². The van der Waals surface area contributed by atoms with Crippen LogP contribution in [0.3, 0.4) is 0 Å². The van der Waals surface area contributed by atoms with E-state index < -0.39 is 22.0 Å². The maximum Gasteiger partial charge on any atom is 0.248 e. The van der Waals surface area contributed by atoms with Gasteiger partial charge in [-0.3, -0.25) is 4.79 Å². The molecule has 1 saturated carbocycles. The molecule has 1 fully saturated rings. The number of carbonyl (C=O) groups excluding carboxylic acids is 1. The summed E-state index contributed by atoms with van der Waals surface area (Å²) < 4.78 is 23.6. The normalized spacial score (nSPS) is 24.4. The van der Waals surface area contributed by atoms with Gasteiger partial charge in [0.1, 0.15) is 6.23 Å². The molecular formula is C23H29N3O4S. The lowest BCUT2D eigenvalue weighted by molar-refractivity contribution is 0.1000. The van der Waals surface area contributed by atoms with Crippen LogP contribution in [0.4, 0.5) is 11.4 Å². The first-order chi connectivity index (χ1) is 14.6. The number of hydrogen-bond donors (Lipinski definition) is 3. The second-order valence-electron chi connectivity index (χ2n) is 8.78. The Kier molecular flexibility index (Phi) is 5.47. The van der Waals surface area contributed by atoms with Crippen LogP contribution in [0, 0.1) is 11.8 Å². The predicted octanol–water partition coefficient (Wildman–Crippen LogP) is 2.92. The lowest BCUT2D eigenvalue weighted by Crippen LogP contribution is -2.52. The highest BCUT2D eigenvalue weighted by molar-refractivity contribution is 7.90. The number of aliphatic hydroxyl groups excluding tert-OH is 1. The Hall–Kier alpha value is -2.58. The van der Waals surface area contributed by atoms with E-state index in [9.17, 15) is 18.3 Å². The van der Waals surface area contributed by atoms with Crippen LogP contribution < -0.4 is 16.0 Å². The topological polar surface area (TPSA) is 113 Å². The van der Waals surface area contributed by atoms with Crippen molar-refractivity contribution in [3.63, 3.8) is 0 Å². The summed E-state index contributed by atoms with van der Waals surface area (Å²) >= 11 is 0. The van der Waals surface area contributed by atoms with Gasteiger partial charge in [0.2, 0.25) is 5.91 Å². The number of aliphatic hydroxyl groups is 1. The molecule has 0 aromatic heterocycles. The van der Waals surface area contributed by atoms with Gasteiger partial charge in [-0.15, -0.1) is 0 Å². The number of nitrogens with one attached hydrogen (secondary N) is 1. The van der Waals surface area contributed by atoms with Crippen LogP contribution in [-0.2, 0) is 9.84 Å². The third-order valence-corrected chi connectivity index (χ3v) is 7.55. The maximum absolute atomic E-state index is 11.8. The fraction of sp³-hybridized carbons (Fsp3) is 0.435. The lowest BCUT2D eigenvalue weighted by Gasteiger charge is -2.48. The van der Waals surface area contributed by atoms with Gasteiger partial charge in [0.15, 0.2) is 9.84 Å². The average Bonchev–Trinajstić information content (AvgIpc) is 3.53. The second-order valence-corrected chi connectivity index (χ2v) is 10.8. The lowest BCUT2D eigenvalue weighted by atomic mass is 9.79. The molecule has 2 aromatic carbocycles. The molecule has 1 aliphatic carbocycles. The molecular weight excluding hydrogens is 414 g/mol. The number of sulfone groups is 1. The van der Waals surface area contributed by atoms with Gasteiger partial charge in [0.25, 0.3) is 0 Å². The molecule has 0 spiro atoms. The van der Waals surface area contributed by atoms with Gasteiger partial charge >= 0.3 is 0 Å². The standard InChI is InChI=1S/C23H29N3O4S/c1-13-21(25-17-7-9-18(10-8-17)31(3,29)30)19-12-16(23(24)28)6-11-20(19)26(14(2)27)22(13)15-4-5-15/h6-15,21-22,25,27H,4-5H2,1-3H3,(H2,24,28)/t13-,14?,21-,22-/m1/s1. The van der Waals surface area contributed by atoms with Crippen molar-refractivity contribution >= 4 is 27.1 Å². The molecule has 0 saturated heterocycles. The van der Waals surface area contributed by atoms with E-state index in [1.54, 1.807) is 43.3 Å². The molecule has 2 aromatic rings. The van der Waals surface area contributed by atoms with E-state index in [1.165, 1.54) is 6.26 Å². The number of nitrogens with two attached hydrogens (primary N) is 1. The van der Waals surface area contributed by atoms with E-state index in [0.717, 1.165) is 29.8 Å². The summed E-state index contributed by atoms with van der Waals surface area (Å²) in [5.74, 6) is 0.136. The molecule has 1 aliphatic heterocycles. The van der Waals surface area contributed by atoms with Gasteiger partial charge in [-0.2, -0.15) is 0 Å². The largest absolute Gasteiger partial charge is 0.378 e. The summed E-state index contributed by atoms with van der Waals surface area (Å²) in [7, 11) is -3.27. The molecule has 1 heterocycles. The third kappa shape index (κ3) is 4.14. The van der Waals surface area contributed by atoms with Crippen molar-refractivity contribution in [2.24, 2.45) is 17.6 Å². The number of primary amides is 1. The summed E-state index contributed by atoms with van der Waals surface area (Å²) in [5.41, 5.74) is 8.53. The number of hydrogen-bond acceptors (Lipinski definition) is 6. The van der Waals surface area contributed by atoms with Crippen molar-refractivity contribution in [1.29, 1.82) is 0 Å². The number of nitrogens with zero attached hydrogens (tertiary/aromatic N) is 1. The number of carbonyl (C=O) groups is 1. The SMILES string of the molecule is CC(O)N1c2ccc(C(N)=O)cc2[C@H](Nc2ccc(S(C)(=O)=O)cc2)[C@@H](C)[C@@H]1C1CC1. The van der Waals surface area contributed by atoms with Gasteiger partial charge in [-0.25, -0.2) is 8.42 Å². The number of fused-ring (bicyclic) bond motifs is 1. The first-order valence-corrected chi connectivity index (χ1v) is 12.4. The molecule has 0 radical (unpaired) electrons. The smallest absolute Gasteiger partial charge is 0.248 e. The first kappa shape index (κ1) is 21.6. The molecule has 4 rings (SSSR count). The van der Waals surface area contributed by atoms with Gasteiger partial charge in [-0.1, -0.05) is 6.92 Å². The van der Waals surface area contributed by atoms with Crippen LogP contribution in [0.1, 0.15) is 48.7 Å². The highest BCUT2D eigenvalue weighted by atomic mass is 32.2. The minimum Gasteiger partial charge on any atom is -0.378 e. The summed E-state index contributed by atoms with van der Waals surface area (Å²) in [6.07, 6.45) is 2.78. The highest BCUT2D eigenvalue weighted by Gasteiger charge is 2.47. The molecule has 4 atom stereocenters. The highest BCUT2D eigenvalue weighted by Crippen LogP contribution is 2.50. The Morgan fingerprint density at radius 1 is 1.19 bits per heavy atom. The van der Waals surface area contributed by atoms with Crippen molar-refractivity contribution in [2.75, 3.05) is 16.5 Å². The average molecular weight is 444 g/mol. The summed E-state index contributed by atoms with van der Waals surface area (Å²) in [6, 6.07) is 12.1. The number of rotatable bonds is 6. The number of benzene rings is 2. The molecule has 8 heteroatoms. The summed E-state index contributed by atoms with van der Waals surface area (Å²) in [4.78, 5) is 14.2. The van der Waals surface area contributed by atoms with E-state index in [2.05, 4.69) is 17.1 Å². The van der Waals surface area contributed by atoms with Gasteiger partial charge in [-0.05, 0) is 73.7 Å². The third-order valence-electron chi connectivity index (χ3n) is 6.42. The maximum atomic E-state index is 11.8. The van der Waals surface area contributed by atoms with Crippen LogP contribution in [0.5, 0.6) is 0 Å². The van der Waals surface area contributed by atoms with E-state index >= 15 is 0 Å². The molecule has 0 bridgehead atoms. The van der Waals surface area contributed by atoms with Crippen LogP contribution in [-0.4, -0.2) is 38.0 Å². The molecule has 4 N–H and O–H groups in total. The zero-order chi connectivity index (χ0) is 22.5. The molecule has 1 amide bonds. The van der Waals surface area contributed by atoms with E-state index in [0.29, 0.717) is 11.5 Å². The monoisotopic (exact) mass is 443 g/mol. The van der Waals surface area contributed by atoms with E-state index in [-0.39, 0.29) is 22.9 Å². The molecule has 31 heavy (non-hydrogen) atoms. The van der Waals surface area contributed by atoms with E-state index in [4.69, 9.17) is 5.73 Å². The predicted molar refractivity (Wildman–Crippen MR) is 121 cm³/mol. The van der Waals surface area contributed by atoms with Crippen LogP contribution in [0.2, 0.25) is 0 Å². The van der Waals surface area contributed by atoms with Crippen molar-refractivity contribution in [2.45, 2.75) is 49.9 Å². The van der Waals surface area contributed by atoms with Gasteiger partial charge < -0.3 is 21.1 Å². The van der Waals surface area contributed by atoms with Crippen molar-refractivity contribution < 1.29 is 18.3 Å². The first-order valence-electron chi connectivity index (χ1n) is 10.5. The fourth-order valence-corrected chi connectivity index (χ4v) is 5.45. The zero-order valence-corrected chi connectivity index (χ0v) is 18.8. The van der Waals surface area contributed by atoms with Crippen LogP contribution in [0.25, 0.3) is 0 Å². The quantitative estimate of drug-likeness (QED) is 0.633. The molecule has 7 nitrogen and oxygen atoms in total. The minimum absolute atomic E-state index is 0.126. The van der Waals surface area contributed by atoms with Crippen molar-refractivity contribution in [1.82, 2.24) is 0 Å². The van der Waals surface area contributed by atoms with Crippen molar-refractivity contribution in [3.05, 3.63) is 53.6 Å². The van der Waals surface area contributed by atoms with Gasteiger partial charge in [0.05, 0.1) is 10.9 Å². The minimum atomic E-state index is -3.27. The Morgan fingerprint density at radius 2 is 1.84 bits per heavy atom. The number of anilines is 2. The fourth-order valence-electron chi connectivity index (χ4n) is 4.82. The Labute approximate surface area is 183 Å². The van der Waals surface area contributed by atoms with Crippen LogP contribution >= 0.6 is 0 Å². The zero-order valence-electron chi connectivity index (χ0n) is 17.9. The van der Waals surface area contributed by atoms with Crippen LogP contribution in [0.15, 0.2) is 47.4 Å². The van der Waals surface area contributed by atoms with E-state index in [1.807, 2.05) is 6.07 Å². The number of amides is 1. The van der Waals surface area contributed by atoms with Gasteiger partial charge in [0, 0.05) is 35.2 Å². The molecule has 1 unspecified atom stereocenters. The Morgan fingerprint density at radius 3 is 2.35 bits per heavy atom. The molecule has 2 aliphatic rings. The summed E-state index contributed by atoms with van der Waals surface area (Å²) in [6.45, 7) is 3.92. The molecule has 166 valence electrons. The second kappa shape index (κ2) is 7.84. The Balaban J connectivity index is 1.77.